The number of carbonyl (C=O) groups is 1. The lowest BCUT2D eigenvalue weighted by Gasteiger charge is -2.08. The van der Waals surface area contributed by atoms with Gasteiger partial charge in [-0.1, -0.05) is 13.3 Å². The molecule has 1 heterocycles. The second-order valence-electron chi connectivity index (χ2n) is 5.10. The second-order valence-corrected chi connectivity index (χ2v) is 5.49. The highest BCUT2D eigenvalue weighted by molar-refractivity contribution is 7.71. The van der Waals surface area contributed by atoms with Gasteiger partial charge in [0.15, 0.2) is 10.6 Å². The third-order valence-corrected chi connectivity index (χ3v) is 3.65. The molecule has 0 aliphatic rings. The van der Waals surface area contributed by atoms with Crippen LogP contribution in [0.3, 0.4) is 0 Å². The normalized spacial score (nSPS) is 10.5. The largest absolute Gasteiger partial charge is 0.494 e. The summed E-state index contributed by atoms with van der Waals surface area (Å²) in [7, 11) is 0. The standard InChI is InChI=1S/C16H22N4O2S/c1-3-5-10-17-14(21)11-20-15(18-19-16(20)23)12-6-8-13(9-7-12)22-4-2/h6-9H,3-5,10-11H2,1-2H3,(H,17,21)(H,19,23). The second kappa shape index (κ2) is 8.47. The number of nitrogens with zero attached hydrogens (tertiary/aromatic N) is 2. The van der Waals surface area contributed by atoms with Crippen molar-refractivity contribution in [2.24, 2.45) is 0 Å². The maximum atomic E-state index is 12.0. The molecule has 6 nitrogen and oxygen atoms in total. The fourth-order valence-corrected chi connectivity index (χ4v) is 2.35. The van der Waals surface area contributed by atoms with Gasteiger partial charge in [-0.05, 0) is 49.8 Å². The van der Waals surface area contributed by atoms with Gasteiger partial charge in [0.05, 0.1) is 6.61 Å². The predicted molar refractivity (Wildman–Crippen MR) is 91.9 cm³/mol. The van der Waals surface area contributed by atoms with E-state index in [9.17, 15) is 4.79 Å². The van der Waals surface area contributed by atoms with Crippen LogP contribution in [0.1, 0.15) is 26.7 Å². The smallest absolute Gasteiger partial charge is 0.240 e. The molecule has 23 heavy (non-hydrogen) atoms. The van der Waals surface area contributed by atoms with Gasteiger partial charge in [0.25, 0.3) is 0 Å². The average Bonchev–Trinajstić information content (AvgIpc) is 2.90. The molecule has 0 unspecified atom stereocenters. The van der Waals surface area contributed by atoms with Crippen molar-refractivity contribution in [1.29, 1.82) is 0 Å². The van der Waals surface area contributed by atoms with E-state index in [1.165, 1.54) is 0 Å². The summed E-state index contributed by atoms with van der Waals surface area (Å²) in [6.07, 6.45) is 2.01. The van der Waals surface area contributed by atoms with Crippen LogP contribution in [0.25, 0.3) is 11.4 Å². The maximum Gasteiger partial charge on any atom is 0.240 e. The van der Waals surface area contributed by atoms with Gasteiger partial charge in [0.1, 0.15) is 12.3 Å². The van der Waals surface area contributed by atoms with E-state index in [0.29, 0.717) is 23.7 Å². The lowest BCUT2D eigenvalue weighted by Crippen LogP contribution is -2.28. The predicted octanol–water partition coefficient (Wildman–Crippen LogP) is 2.92. The number of benzene rings is 1. The Balaban J connectivity index is 2.14. The van der Waals surface area contributed by atoms with Gasteiger partial charge in [0, 0.05) is 12.1 Å². The number of ether oxygens (including phenoxy) is 1. The van der Waals surface area contributed by atoms with Gasteiger partial charge in [-0.25, -0.2) is 0 Å². The lowest BCUT2D eigenvalue weighted by molar-refractivity contribution is -0.121. The van der Waals surface area contributed by atoms with E-state index in [-0.39, 0.29) is 12.5 Å². The Bertz CT molecular complexity index is 691. The summed E-state index contributed by atoms with van der Waals surface area (Å²) in [4.78, 5) is 12.0. The third-order valence-electron chi connectivity index (χ3n) is 3.34. The van der Waals surface area contributed by atoms with Crippen LogP contribution >= 0.6 is 12.2 Å². The highest BCUT2D eigenvalue weighted by atomic mass is 32.1. The molecule has 2 rings (SSSR count). The number of amides is 1. The topological polar surface area (TPSA) is 71.9 Å². The molecule has 1 amide bonds. The molecule has 0 radical (unpaired) electrons. The molecule has 0 saturated heterocycles. The van der Waals surface area contributed by atoms with Crippen LogP contribution in [0.4, 0.5) is 0 Å². The third kappa shape index (κ3) is 4.66. The quantitative estimate of drug-likeness (QED) is 0.575. The summed E-state index contributed by atoms with van der Waals surface area (Å²) in [6.45, 7) is 5.48. The van der Waals surface area contributed by atoms with Crippen LogP contribution in [0.15, 0.2) is 24.3 Å². The number of rotatable bonds is 8. The molecular formula is C16H22N4O2S. The van der Waals surface area contributed by atoms with E-state index in [1.807, 2.05) is 31.2 Å². The summed E-state index contributed by atoms with van der Waals surface area (Å²) < 4.78 is 7.56. The van der Waals surface area contributed by atoms with Gasteiger partial charge < -0.3 is 10.1 Å². The molecule has 0 aliphatic heterocycles. The number of aromatic nitrogens is 3. The summed E-state index contributed by atoms with van der Waals surface area (Å²) in [5.41, 5.74) is 0.877. The lowest BCUT2D eigenvalue weighted by atomic mass is 10.2. The Morgan fingerprint density at radius 1 is 1.35 bits per heavy atom. The maximum absolute atomic E-state index is 12.0. The minimum Gasteiger partial charge on any atom is -0.494 e. The first-order valence-electron chi connectivity index (χ1n) is 7.80. The monoisotopic (exact) mass is 334 g/mol. The molecule has 0 spiro atoms. The van der Waals surface area contributed by atoms with Crippen molar-refractivity contribution >= 4 is 18.1 Å². The number of hydrogen-bond acceptors (Lipinski definition) is 4. The molecule has 0 atom stereocenters. The van der Waals surface area contributed by atoms with Crippen LogP contribution in [0.5, 0.6) is 5.75 Å². The fourth-order valence-electron chi connectivity index (χ4n) is 2.16. The number of unbranched alkanes of at least 4 members (excludes halogenated alkanes) is 1. The zero-order valence-corrected chi connectivity index (χ0v) is 14.3. The van der Waals surface area contributed by atoms with E-state index >= 15 is 0 Å². The highest BCUT2D eigenvalue weighted by Crippen LogP contribution is 2.21. The van der Waals surface area contributed by atoms with Crippen LogP contribution in [-0.4, -0.2) is 33.8 Å². The number of nitrogens with one attached hydrogen (secondary N) is 2. The Labute approximate surface area is 140 Å². The zero-order valence-electron chi connectivity index (χ0n) is 13.5. The Morgan fingerprint density at radius 2 is 2.09 bits per heavy atom. The van der Waals surface area contributed by atoms with Crippen LogP contribution < -0.4 is 10.1 Å². The summed E-state index contributed by atoms with van der Waals surface area (Å²) in [5.74, 6) is 1.38. The van der Waals surface area contributed by atoms with Crippen molar-refractivity contribution in [2.45, 2.75) is 33.2 Å². The highest BCUT2D eigenvalue weighted by Gasteiger charge is 2.12. The van der Waals surface area contributed by atoms with Gasteiger partial charge in [-0.2, -0.15) is 5.10 Å². The van der Waals surface area contributed by atoms with Crippen molar-refractivity contribution in [3.8, 4) is 17.1 Å². The van der Waals surface area contributed by atoms with Crippen LogP contribution in [-0.2, 0) is 11.3 Å². The SMILES string of the molecule is CCCCNC(=O)Cn1c(-c2ccc(OCC)cc2)n[nH]c1=S. The molecule has 2 aromatic rings. The minimum absolute atomic E-state index is 0.0665. The first-order valence-corrected chi connectivity index (χ1v) is 8.21. The number of hydrogen-bond donors (Lipinski definition) is 2. The van der Waals surface area contributed by atoms with Crippen molar-refractivity contribution in [2.75, 3.05) is 13.2 Å². The number of H-pyrrole nitrogens is 1. The Kier molecular flexibility index (Phi) is 6.34. The van der Waals surface area contributed by atoms with Crippen molar-refractivity contribution in [3.05, 3.63) is 29.0 Å². The van der Waals surface area contributed by atoms with E-state index in [1.54, 1.807) is 4.57 Å². The van der Waals surface area contributed by atoms with Gasteiger partial charge in [-0.3, -0.25) is 14.5 Å². The fraction of sp³-hybridized carbons (Fsp3) is 0.438. The summed E-state index contributed by atoms with van der Waals surface area (Å²) in [6, 6.07) is 7.56. The number of carbonyl (C=O) groups excluding carboxylic acids is 1. The first-order chi connectivity index (χ1) is 11.2. The summed E-state index contributed by atoms with van der Waals surface area (Å²) >= 11 is 5.23. The molecule has 0 saturated carbocycles. The van der Waals surface area contributed by atoms with Crippen molar-refractivity contribution in [3.63, 3.8) is 0 Å². The molecule has 2 N–H and O–H groups in total. The van der Waals surface area contributed by atoms with Gasteiger partial charge >= 0.3 is 0 Å². The Morgan fingerprint density at radius 3 is 2.74 bits per heavy atom. The average molecular weight is 334 g/mol. The van der Waals surface area contributed by atoms with Crippen LogP contribution in [0.2, 0.25) is 0 Å². The van der Waals surface area contributed by atoms with Gasteiger partial charge in [-0.15, -0.1) is 0 Å². The molecule has 0 aliphatic carbocycles. The van der Waals surface area contributed by atoms with Crippen molar-refractivity contribution < 1.29 is 9.53 Å². The first kappa shape index (κ1) is 17.2. The minimum atomic E-state index is -0.0665. The molecule has 0 fully saturated rings. The molecule has 1 aromatic carbocycles. The van der Waals surface area contributed by atoms with E-state index in [4.69, 9.17) is 17.0 Å². The molecule has 0 bridgehead atoms. The molecule has 1 aromatic heterocycles. The zero-order chi connectivity index (χ0) is 16.7. The van der Waals surface area contributed by atoms with E-state index < -0.39 is 0 Å². The van der Waals surface area contributed by atoms with E-state index in [0.717, 1.165) is 24.2 Å². The molecule has 124 valence electrons. The molecule has 7 heteroatoms. The Hall–Kier alpha value is -2.15. The summed E-state index contributed by atoms with van der Waals surface area (Å²) in [5, 5.41) is 9.87. The van der Waals surface area contributed by atoms with Crippen molar-refractivity contribution in [1.82, 2.24) is 20.1 Å². The van der Waals surface area contributed by atoms with E-state index in [2.05, 4.69) is 22.4 Å². The number of aromatic amines is 1. The van der Waals surface area contributed by atoms with Crippen LogP contribution in [0, 0.1) is 4.77 Å². The molecular weight excluding hydrogens is 312 g/mol. The van der Waals surface area contributed by atoms with Gasteiger partial charge in [0.2, 0.25) is 5.91 Å².